The summed E-state index contributed by atoms with van der Waals surface area (Å²) in [7, 11) is 0. The highest BCUT2D eigenvalue weighted by atomic mass is 79.9. The van der Waals surface area contributed by atoms with E-state index in [4.69, 9.17) is 0 Å². The molecule has 1 saturated heterocycles. The van der Waals surface area contributed by atoms with Crippen molar-refractivity contribution in [3.05, 3.63) is 28.5 Å². The van der Waals surface area contributed by atoms with Gasteiger partial charge < -0.3 is 10.4 Å². The molecule has 5 nitrogen and oxygen atoms in total. The normalized spacial score (nSPS) is 21.4. The molecule has 0 bridgehead atoms. The fourth-order valence-corrected chi connectivity index (χ4v) is 3.92. The first-order chi connectivity index (χ1) is 9.95. The van der Waals surface area contributed by atoms with E-state index in [0.29, 0.717) is 16.6 Å². The summed E-state index contributed by atoms with van der Waals surface area (Å²) in [6.45, 7) is 1.88. The van der Waals surface area contributed by atoms with Crippen LogP contribution in [0, 0.1) is 5.82 Å². The molecule has 0 aromatic heterocycles. The first kappa shape index (κ1) is 16.1. The van der Waals surface area contributed by atoms with Crippen molar-refractivity contribution in [2.45, 2.75) is 24.8 Å². The molecule has 0 spiro atoms. The van der Waals surface area contributed by atoms with Crippen LogP contribution in [0.15, 0.2) is 22.7 Å². The lowest BCUT2D eigenvalue weighted by Gasteiger charge is -2.27. The first-order valence-electron chi connectivity index (χ1n) is 6.33. The number of hydrogen-bond donors (Lipinski definition) is 2. The largest absolute Gasteiger partial charge is 0.480 e. The first-order valence-corrected chi connectivity index (χ1v) is 8.17. The number of carbonyl (C=O) groups is 2. The number of nitrogens with zero attached hydrogens (tertiary/aromatic N) is 1. The molecule has 1 heterocycles. The molecule has 1 aliphatic heterocycles. The fourth-order valence-electron chi connectivity index (χ4n) is 2.13. The highest BCUT2D eigenvalue weighted by Crippen LogP contribution is 2.33. The second kappa shape index (κ2) is 6.65. The third-order valence-corrected chi connectivity index (χ3v) is 5.27. The number of hydrogen-bond acceptors (Lipinski definition) is 3. The quantitative estimate of drug-likeness (QED) is 0.848. The minimum absolute atomic E-state index is 0.0124. The van der Waals surface area contributed by atoms with Crippen molar-refractivity contribution in [2.24, 2.45) is 0 Å². The summed E-state index contributed by atoms with van der Waals surface area (Å²) in [5, 5.41) is 11.4. The van der Waals surface area contributed by atoms with Gasteiger partial charge in [-0.25, -0.2) is 14.0 Å². The van der Waals surface area contributed by atoms with E-state index < -0.39 is 23.9 Å². The number of aliphatic carboxylic acids is 1. The zero-order valence-corrected chi connectivity index (χ0v) is 13.6. The maximum Gasteiger partial charge on any atom is 0.327 e. The molecule has 2 N–H and O–H groups in total. The van der Waals surface area contributed by atoms with Gasteiger partial charge >= 0.3 is 12.0 Å². The van der Waals surface area contributed by atoms with Crippen LogP contribution in [-0.2, 0) is 4.79 Å². The third-order valence-electron chi connectivity index (χ3n) is 3.16. The van der Waals surface area contributed by atoms with Crippen molar-refractivity contribution in [3.8, 4) is 0 Å². The van der Waals surface area contributed by atoms with Crippen LogP contribution < -0.4 is 5.32 Å². The number of carbonyl (C=O) groups excluding carboxylic acids is 1. The smallest absolute Gasteiger partial charge is 0.327 e. The molecular weight excluding hydrogens is 363 g/mol. The summed E-state index contributed by atoms with van der Waals surface area (Å²) in [5.74, 6) is -1.30. The van der Waals surface area contributed by atoms with Crippen molar-refractivity contribution in [3.63, 3.8) is 0 Å². The molecule has 21 heavy (non-hydrogen) atoms. The van der Waals surface area contributed by atoms with E-state index in [1.54, 1.807) is 6.07 Å². The van der Waals surface area contributed by atoms with Crippen molar-refractivity contribution in [2.75, 3.05) is 11.1 Å². The Bertz CT molecular complexity index is 552. The molecular formula is C13H14BrFN2O3S. The SMILES string of the molecule is CCC1SCC(C(=O)O)N1C(=O)Nc1c(F)cccc1Br. The number of anilines is 1. The molecule has 0 saturated carbocycles. The number of urea groups is 1. The van der Waals surface area contributed by atoms with E-state index in [1.165, 1.54) is 28.8 Å². The summed E-state index contributed by atoms with van der Waals surface area (Å²) >= 11 is 4.58. The Morgan fingerprint density at radius 1 is 1.57 bits per heavy atom. The lowest BCUT2D eigenvalue weighted by molar-refractivity contribution is -0.141. The number of halogens is 2. The monoisotopic (exact) mass is 376 g/mol. The third kappa shape index (κ3) is 3.32. The molecule has 1 aliphatic rings. The zero-order valence-electron chi connectivity index (χ0n) is 11.2. The van der Waals surface area contributed by atoms with E-state index in [9.17, 15) is 19.1 Å². The van der Waals surface area contributed by atoms with E-state index in [2.05, 4.69) is 21.2 Å². The minimum atomic E-state index is -1.05. The van der Waals surface area contributed by atoms with Crippen LogP contribution in [0.1, 0.15) is 13.3 Å². The van der Waals surface area contributed by atoms with Gasteiger partial charge in [0.2, 0.25) is 0 Å². The van der Waals surface area contributed by atoms with Crippen LogP contribution in [-0.4, -0.2) is 39.2 Å². The van der Waals surface area contributed by atoms with Crippen LogP contribution in [0.2, 0.25) is 0 Å². The van der Waals surface area contributed by atoms with Crippen molar-refractivity contribution in [1.82, 2.24) is 4.90 Å². The molecule has 0 radical (unpaired) electrons. The van der Waals surface area contributed by atoms with Gasteiger partial charge in [-0.15, -0.1) is 11.8 Å². The van der Waals surface area contributed by atoms with Crippen LogP contribution in [0.4, 0.5) is 14.9 Å². The van der Waals surface area contributed by atoms with Gasteiger partial charge in [0.25, 0.3) is 0 Å². The van der Waals surface area contributed by atoms with E-state index in [0.717, 1.165) is 0 Å². The lowest BCUT2D eigenvalue weighted by atomic mass is 10.2. The molecule has 2 amide bonds. The molecule has 1 fully saturated rings. The second-order valence-electron chi connectivity index (χ2n) is 4.48. The fraction of sp³-hybridized carbons (Fsp3) is 0.385. The standard InChI is InChI=1S/C13H14BrFN2O3S/c1-2-10-17(9(6-21-10)12(18)19)13(20)16-11-7(14)4-3-5-8(11)15/h3-5,9-10H,2,6H2,1H3,(H,16,20)(H,18,19). The Morgan fingerprint density at radius 3 is 2.86 bits per heavy atom. The number of para-hydroxylation sites is 1. The summed E-state index contributed by atoms with van der Waals surface area (Å²) in [6, 6.07) is 2.83. The molecule has 114 valence electrons. The average molecular weight is 377 g/mol. The Kier molecular flexibility index (Phi) is 5.10. The number of amides is 2. The summed E-state index contributed by atoms with van der Waals surface area (Å²) in [4.78, 5) is 24.9. The lowest BCUT2D eigenvalue weighted by Crippen LogP contribution is -2.47. The van der Waals surface area contributed by atoms with Gasteiger partial charge in [0.15, 0.2) is 0 Å². The maximum absolute atomic E-state index is 13.7. The predicted molar refractivity (Wildman–Crippen MR) is 82.9 cm³/mol. The Morgan fingerprint density at radius 2 is 2.29 bits per heavy atom. The number of benzene rings is 1. The second-order valence-corrected chi connectivity index (χ2v) is 6.55. The van der Waals surface area contributed by atoms with Crippen LogP contribution in [0.25, 0.3) is 0 Å². The van der Waals surface area contributed by atoms with Gasteiger partial charge in [0.05, 0.1) is 11.1 Å². The number of rotatable bonds is 3. The van der Waals surface area contributed by atoms with E-state index >= 15 is 0 Å². The van der Waals surface area contributed by atoms with Gasteiger partial charge in [-0.3, -0.25) is 4.90 Å². The van der Waals surface area contributed by atoms with Gasteiger partial charge in [0.1, 0.15) is 11.9 Å². The molecule has 2 unspecified atom stereocenters. The van der Waals surface area contributed by atoms with Crippen molar-refractivity contribution in [1.29, 1.82) is 0 Å². The van der Waals surface area contributed by atoms with Crippen molar-refractivity contribution < 1.29 is 19.1 Å². The van der Waals surface area contributed by atoms with Crippen molar-refractivity contribution >= 4 is 45.4 Å². The highest BCUT2D eigenvalue weighted by Gasteiger charge is 2.41. The predicted octanol–water partition coefficient (Wildman–Crippen LogP) is 3.36. The Hall–Kier alpha value is -1.28. The topological polar surface area (TPSA) is 69.6 Å². The van der Waals surface area contributed by atoms with Gasteiger partial charge in [-0.05, 0) is 34.5 Å². The van der Waals surface area contributed by atoms with Crippen LogP contribution in [0.3, 0.4) is 0 Å². The number of carboxylic acid groups (broad SMARTS) is 1. The van der Waals surface area contributed by atoms with Gasteiger partial charge in [-0.2, -0.15) is 0 Å². The average Bonchev–Trinajstić information content (AvgIpc) is 2.87. The number of carboxylic acids is 1. The Balaban J connectivity index is 2.23. The number of nitrogens with one attached hydrogen (secondary N) is 1. The molecule has 1 aromatic carbocycles. The van der Waals surface area contributed by atoms with E-state index in [1.807, 2.05) is 6.92 Å². The molecule has 8 heteroatoms. The summed E-state index contributed by atoms with van der Waals surface area (Å²) in [5.41, 5.74) is 0.0124. The minimum Gasteiger partial charge on any atom is -0.480 e. The Labute approximate surface area is 134 Å². The molecule has 2 atom stereocenters. The van der Waals surface area contributed by atoms with Gasteiger partial charge in [0, 0.05) is 10.2 Å². The van der Waals surface area contributed by atoms with E-state index in [-0.39, 0.29) is 11.1 Å². The summed E-state index contributed by atoms with van der Waals surface area (Å²) < 4.78 is 14.2. The van der Waals surface area contributed by atoms with Crippen LogP contribution in [0.5, 0.6) is 0 Å². The highest BCUT2D eigenvalue weighted by molar-refractivity contribution is 9.10. The molecule has 0 aliphatic carbocycles. The molecule has 1 aromatic rings. The zero-order chi connectivity index (χ0) is 15.6. The van der Waals surface area contributed by atoms with Crippen LogP contribution >= 0.6 is 27.7 Å². The maximum atomic E-state index is 13.7. The number of thioether (sulfide) groups is 1. The summed E-state index contributed by atoms with van der Waals surface area (Å²) in [6.07, 6.45) is 0.625. The van der Waals surface area contributed by atoms with Gasteiger partial charge in [-0.1, -0.05) is 13.0 Å². The molecule has 2 rings (SSSR count).